The van der Waals surface area contributed by atoms with Crippen LogP contribution in [0.1, 0.15) is 27.7 Å². The van der Waals surface area contributed by atoms with Crippen molar-refractivity contribution in [1.82, 2.24) is 0 Å². The smallest absolute Gasteiger partial charge is 0.123 e. The van der Waals surface area contributed by atoms with E-state index >= 15 is 0 Å². The average molecular weight is 144 g/mol. The second kappa shape index (κ2) is 3.62. The molecule has 0 radical (unpaired) electrons. The first-order valence-corrected chi connectivity index (χ1v) is 3.47. The van der Waals surface area contributed by atoms with Gasteiger partial charge in [-0.1, -0.05) is 6.08 Å². The van der Waals surface area contributed by atoms with Crippen molar-refractivity contribution in [1.29, 1.82) is 0 Å². The summed E-state index contributed by atoms with van der Waals surface area (Å²) in [5.74, 6) is 0. The fraction of sp³-hybridized carbons (Fsp3) is 0.750. The summed E-state index contributed by atoms with van der Waals surface area (Å²) in [5, 5.41) is 9.35. The number of aliphatic hydroxyl groups is 1. The van der Waals surface area contributed by atoms with Crippen LogP contribution >= 0.6 is 0 Å². The van der Waals surface area contributed by atoms with Crippen molar-refractivity contribution in [2.45, 2.75) is 39.4 Å². The summed E-state index contributed by atoms with van der Waals surface area (Å²) in [7, 11) is 0. The number of ether oxygens (including phenoxy) is 1. The van der Waals surface area contributed by atoms with E-state index in [1.807, 2.05) is 13.8 Å². The Morgan fingerprint density at radius 1 is 1.50 bits per heavy atom. The lowest BCUT2D eigenvalue weighted by molar-refractivity contribution is -0.0445. The predicted molar refractivity (Wildman–Crippen MR) is 41.7 cm³/mol. The first kappa shape index (κ1) is 9.50. The Bertz CT molecular complexity index is 111. The molecule has 0 amide bonds. The second-order valence-electron chi connectivity index (χ2n) is 2.90. The number of hydrogen-bond acceptors (Lipinski definition) is 2. The van der Waals surface area contributed by atoms with Gasteiger partial charge in [-0.2, -0.15) is 0 Å². The molecule has 2 heteroatoms. The van der Waals surface area contributed by atoms with Gasteiger partial charge in [0.2, 0.25) is 0 Å². The van der Waals surface area contributed by atoms with Gasteiger partial charge in [-0.3, -0.25) is 0 Å². The molecule has 0 aromatic heterocycles. The van der Waals surface area contributed by atoms with E-state index < -0.39 is 5.60 Å². The van der Waals surface area contributed by atoms with Crippen LogP contribution in [0.15, 0.2) is 12.3 Å². The van der Waals surface area contributed by atoms with Crippen LogP contribution in [0.25, 0.3) is 0 Å². The molecule has 0 fully saturated rings. The van der Waals surface area contributed by atoms with Crippen LogP contribution in [0.3, 0.4) is 0 Å². The van der Waals surface area contributed by atoms with E-state index in [0.717, 1.165) is 0 Å². The van der Waals surface area contributed by atoms with Crippen LogP contribution in [0.5, 0.6) is 0 Å². The van der Waals surface area contributed by atoms with Crippen LogP contribution in [-0.2, 0) is 4.74 Å². The average Bonchev–Trinajstić information content (AvgIpc) is 1.80. The standard InChI is InChI=1S/C8H16O2/c1-5-6-10-7(2)8(3,4)9/h5-7,9H,1-4H3/b6-5+. The summed E-state index contributed by atoms with van der Waals surface area (Å²) in [5.41, 5.74) is -0.764. The molecular formula is C8H16O2. The van der Waals surface area contributed by atoms with Gasteiger partial charge in [0.05, 0.1) is 11.9 Å². The lowest BCUT2D eigenvalue weighted by atomic mass is 10.0. The topological polar surface area (TPSA) is 29.5 Å². The zero-order valence-electron chi connectivity index (χ0n) is 7.09. The van der Waals surface area contributed by atoms with E-state index in [0.29, 0.717) is 0 Å². The lowest BCUT2D eigenvalue weighted by Crippen LogP contribution is -2.34. The van der Waals surface area contributed by atoms with Crippen molar-refractivity contribution in [2.75, 3.05) is 0 Å². The second-order valence-corrected chi connectivity index (χ2v) is 2.90. The van der Waals surface area contributed by atoms with Gasteiger partial charge in [-0.05, 0) is 27.7 Å². The Kier molecular flexibility index (Phi) is 3.43. The minimum Gasteiger partial charge on any atom is -0.496 e. The lowest BCUT2D eigenvalue weighted by Gasteiger charge is -2.24. The van der Waals surface area contributed by atoms with Gasteiger partial charge >= 0.3 is 0 Å². The largest absolute Gasteiger partial charge is 0.496 e. The monoisotopic (exact) mass is 144 g/mol. The molecule has 10 heavy (non-hydrogen) atoms. The SMILES string of the molecule is C/C=C/OC(C)C(C)(C)O. The highest BCUT2D eigenvalue weighted by molar-refractivity contribution is 4.77. The summed E-state index contributed by atoms with van der Waals surface area (Å²) < 4.78 is 5.12. The van der Waals surface area contributed by atoms with Crippen molar-refractivity contribution >= 4 is 0 Å². The third kappa shape index (κ3) is 3.51. The summed E-state index contributed by atoms with van der Waals surface area (Å²) in [6.45, 7) is 7.15. The van der Waals surface area contributed by atoms with Crippen LogP contribution in [0.4, 0.5) is 0 Å². The molecule has 0 bridgehead atoms. The zero-order chi connectivity index (χ0) is 8.20. The van der Waals surface area contributed by atoms with E-state index in [-0.39, 0.29) is 6.10 Å². The maximum atomic E-state index is 9.35. The van der Waals surface area contributed by atoms with Gasteiger partial charge < -0.3 is 9.84 Å². The van der Waals surface area contributed by atoms with E-state index in [1.165, 1.54) is 0 Å². The maximum absolute atomic E-state index is 9.35. The van der Waals surface area contributed by atoms with Crippen LogP contribution in [-0.4, -0.2) is 16.8 Å². The normalized spacial score (nSPS) is 15.7. The van der Waals surface area contributed by atoms with Crippen molar-refractivity contribution in [3.63, 3.8) is 0 Å². The summed E-state index contributed by atoms with van der Waals surface area (Å²) in [4.78, 5) is 0. The molecule has 0 aliphatic heterocycles. The van der Waals surface area contributed by atoms with Crippen molar-refractivity contribution < 1.29 is 9.84 Å². The molecule has 0 heterocycles. The minimum absolute atomic E-state index is 0.163. The van der Waals surface area contributed by atoms with Gasteiger partial charge in [0.1, 0.15) is 6.10 Å². The first-order chi connectivity index (χ1) is 4.48. The number of rotatable bonds is 3. The first-order valence-electron chi connectivity index (χ1n) is 3.47. The quantitative estimate of drug-likeness (QED) is 0.611. The molecule has 0 spiro atoms. The molecule has 0 aromatic rings. The molecule has 0 aliphatic rings. The Morgan fingerprint density at radius 3 is 2.30 bits per heavy atom. The molecule has 0 rings (SSSR count). The Balaban J connectivity index is 3.73. The molecule has 1 N–H and O–H groups in total. The third-order valence-corrected chi connectivity index (χ3v) is 1.41. The highest BCUT2D eigenvalue weighted by Gasteiger charge is 2.22. The molecular weight excluding hydrogens is 128 g/mol. The Morgan fingerprint density at radius 2 is 2.00 bits per heavy atom. The number of allylic oxidation sites excluding steroid dienone is 1. The van der Waals surface area contributed by atoms with Crippen molar-refractivity contribution in [3.8, 4) is 0 Å². The van der Waals surface area contributed by atoms with Crippen LogP contribution in [0.2, 0.25) is 0 Å². The summed E-state index contributed by atoms with van der Waals surface area (Å²) in [6.07, 6.45) is 3.22. The van der Waals surface area contributed by atoms with Crippen molar-refractivity contribution in [3.05, 3.63) is 12.3 Å². The van der Waals surface area contributed by atoms with E-state index in [2.05, 4.69) is 0 Å². The highest BCUT2D eigenvalue weighted by Crippen LogP contribution is 2.11. The van der Waals surface area contributed by atoms with E-state index in [4.69, 9.17) is 4.74 Å². The molecule has 0 saturated carbocycles. The molecule has 1 atom stereocenters. The maximum Gasteiger partial charge on any atom is 0.123 e. The number of hydrogen-bond donors (Lipinski definition) is 1. The fourth-order valence-corrected chi connectivity index (χ4v) is 0.363. The van der Waals surface area contributed by atoms with E-state index in [9.17, 15) is 5.11 Å². The van der Waals surface area contributed by atoms with Crippen LogP contribution < -0.4 is 0 Å². The summed E-state index contributed by atoms with van der Waals surface area (Å²) >= 11 is 0. The minimum atomic E-state index is -0.764. The fourth-order valence-electron chi connectivity index (χ4n) is 0.363. The van der Waals surface area contributed by atoms with Gasteiger partial charge in [0, 0.05) is 0 Å². The van der Waals surface area contributed by atoms with Gasteiger partial charge in [0.25, 0.3) is 0 Å². The molecule has 0 aromatic carbocycles. The molecule has 0 saturated heterocycles. The summed E-state index contributed by atoms with van der Waals surface area (Å²) in [6, 6.07) is 0. The molecule has 1 unspecified atom stereocenters. The Labute approximate surface area is 62.5 Å². The van der Waals surface area contributed by atoms with Gasteiger partial charge in [-0.15, -0.1) is 0 Å². The zero-order valence-corrected chi connectivity index (χ0v) is 7.09. The van der Waals surface area contributed by atoms with Gasteiger partial charge in [-0.25, -0.2) is 0 Å². The Hall–Kier alpha value is -0.500. The highest BCUT2D eigenvalue weighted by atomic mass is 16.5. The van der Waals surface area contributed by atoms with Crippen molar-refractivity contribution in [2.24, 2.45) is 0 Å². The van der Waals surface area contributed by atoms with Crippen LogP contribution in [0, 0.1) is 0 Å². The molecule has 2 nitrogen and oxygen atoms in total. The van der Waals surface area contributed by atoms with E-state index in [1.54, 1.807) is 26.2 Å². The van der Waals surface area contributed by atoms with Gasteiger partial charge in [0.15, 0.2) is 0 Å². The molecule has 0 aliphatic carbocycles. The third-order valence-electron chi connectivity index (χ3n) is 1.41. The predicted octanol–water partition coefficient (Wildman–Crippen LogP) is 1.70. The molecule has 60 valence electrons.